The van der Waals surface area contributed by atoms with Crippen LogP contribution >= 0.6 is 12.6 Å². The van der Waals surface area contributed by atoms with Crippen LogP contribution in [0, 0.1) is 0 Å². The summed E-state index contributed by atoms with van der Waals surface area (Å²) in [4.78, 5) is 15.8. The third kappa shape index (κ3) is 6.48. The van der Waals surface area contributed by atoms with E-state index in [-0.39, 0.29) is 5.91 Å². The summed E-state index contributed by atoms with van der Waals surface area (Å²) < 4.78 is 2.04. The maximum absolute atomic E-state index is 12.0. The van der Waals surface area contributed by atoms with Crippen LogP contribution in [0.1, 0.15) is 17.5 Å². The molecule has 0 aliphatic rings. The van der Waals surface area contributed by atoms with E-state index >= 15 is 0 Å². The van der Waals surface area contributed by atoms with Gasteiger partial charge in [-0.15, -0.1) is 0 Å². The molecule has 0 saturated carbocycles. The zero-order valence-electron chi connectivity index (χ0n) is 16.4. The summed E-state index contributed by atoms with van der Waals surface area (Å²) in [5.74, 6) is 0.316. The smallest absolute Gasteiger partial charge is 0.240 e. The molecule has 1 aromatic carbocycles. The number of likely N-dealkylation sites (N-methyl/N-ethyl adjacent to an activating group) is 1. The Hall–Kier alpha value is -2.18. The number of aromatic nitrogens is 1. The van der Waals surface area contributed by atoms with Gasteiger partial charge in [0, 0.05) is 58.1 Å². The molecule has 27 heavy (non-hydrogen) atoms. The number of hydrogen-bond acceptors (Lipinski definition) is 4. The number of anilines is 1. The van der Waals surface area contributed by atoms with Crippen LogP contribution in [0.3, 0.4) is 0 Å². The maximum Gasteiger partial charge on any atom is 0.240 e. The molecule has 0 aliphatic carbocycles. The molecule has 1 aromatic heterocycles. The van der Waals surface area contributed by atoms with Gasteiger partial charge in [-0.05, 0) is 35.7 Å². The zero-order chi connectivity index (χ0) is 19.8. The van der Waals surface area contributed by atoms with Gasteiger partial charge in [0.05, 0.1) is 6.04 Å². The van der Waals surface area contributed by atoms with Gasteiger partial charge in [-0.25, -0.2) is 0 Å². The van der Waals surface area contributed by atoms with Gasteiger partial charge >= 0.3 is 0 Å². The van der Waals surface area contributed by atoms with Crippen molar-refractivity contribution >= 4 is 36.4 Å². The standard InChI is InChI=1S/C21H30N4OS/c1-23-14-11-18(15-23)6-5-17-7-9-19(10-8-17)24(2)12-4-13-25(3)21(26)20(22)16-27/h5-11,14-15,20,27H,4,12-13,16,22H2,1-3H3/b6-5+. The number of nitrogens with zero attached hydrogens (tertiary/aromatic N) is 3. The Labute approximate surface area is 167 Å². The quantitative estimate of drug-likeness (QED) is 0.652. The number of thiol groups is 1. The molecular weight excluding hydrogens is 356 g/mol. The average molecular weight is 387 g/mol. The zero-order valence-corrected chi connectivity index (χ0v) is 17.3. The molecular formula is C21H30N4OS. The first-order valence-corrected chi connectivity index (χ1v) is 9.76. The van der Waals surface area contributed by atoms with Crippen molar-refractivity contribution < 1.29 is 4.79 Å². The third-order valence-electron chi connectivity index (χ3n) is 4.53. The summed E-state index contributed by atoms with van der Waals surface area (Å²) in [7, 11) is 5.87. The lowest BCUT2D eigenvalue weighted by Crippen LogP contribution is -2.43. The Morgan fingerprint density at radius 3 is 2.41 bits per heavy atom. The van der Waals surface area contributed by atoms with E-state index in [4.69, 9.17) is 5.73 Å². The first kappa shape index (κ1) is 21.1. The van der Waals surface area contributed by atoms with Crippen LogP contribution < -0.4 is 10.6 Å². The predicted molar refractivity (Wildman–Crippen MR) is 118 cm³/mol. The number of aryl methyl sites for hydroxylation is 1. The minimum Gasteiger partial charge on any atom is -0.375 e. The first-order chi connectivity index (χ1) is 12.9. The van der Waals surface area contributed by atoms with Crippen LogP contribution in [-0.2, 0) is 11.8 Å². The highest BCUT2D eigenvalue weighted by Crippen LogP contribution is 2.16. The summed E-state index contributed by atoms with van der Waals surface area (Å²) in [6.07, 6.45) is 9.23. The minimum absolute atomic E-state index is 0.0535. The number of carbonyl (C=O) groups is 1. The molecule has 0 bridgehead atoms. The molecule has 2 rings (SSSR count). The number of rotatable bonds is 9. The van der Waals surface area contributed by atoms with Gasteiger partial charge in [0.1, 0.15) is 0 Å². The molecule has 5 nitrogen and oxygen atoms in total. The molecule has 2 aromatic rings. The van der Waals surface area contributed by atoms with E-state index < -0.39 is 6.04 Å². The van der Waals surface area contributed by atoms with Crippen LogP contribution in [0.2, 0.25) is 0 Å². The molecule has 1 amide bonds. The second kappa shape index (κ2) is 10.2. The third-order valence-corrected chi connectivity index (χ3v) is 4.93. The molecule has 0 aliphatic heterocycles. The summed E-state index contributed by atoms with van der Waals surface area (Å²) in [6, 6.07) is 10.0. The monoisotopic (exact) mass is 386 g/mol. The number of benzene rings is 1. The van der Waals surface area contributed by atoms with Gasteiger partial charge in [0.15, 0.2) is 0 Å². The van der Waals surface area contributed by atoms with E-state index in [0.29, 0.717) is 12.3 Å². The predicted octanol–water partition coefficient (Wildman–Crippen LogP) is 2.74. The Balaban J connectivity index is 1.82. The van der Waals surface area contributed by atoms with E-state index in [0.717, 1.165) is 18.7 Å². The van der Waals surface area contributed by atoms with Crippen LogP contribution in [0.15, 0.2) is 42.7 Å². The normalized spacial score (nSPS) is 12.3. The van der Waals surface area contributed by atoms with Crippen LogP contribution in [-0.4, -0.2) is 54.4 Å². The van der Waals surface area contributed by atoms with Gasteiger partial charge in [0.25, 0.3) is 0 Å². The first-order valence-electron chi connectivity index (χ1n) is 9.13. The lowest BCUT2D eigenvalue weighted by atomic mass is 10.1. The summed E-state index contributed by atoms with van der Waals surface area (Å²) in [5.41, 5.74) is 9.25. The van der Waals surface area contributed by atoms with Crippen molar-refractivity contribution in [2.24, 2.45) is 12.8 Å². The Morgan fingerprint density at radius 2 is 1.81 bits per heavy atom. The highest BCUT2D eigenvalue weighted by atomic mass is 32.1. The number of hydrogen-bond donors (Lipinski definition) is 2. The van der Waals surface area contributed by atoms with Crippen LogP contribution in [0.25, 0.3) is 12.2 Å². The summed E-state index contributed by atoms with van der Waals surface area (Å²) in [5, 5.41) is 0. The average Bonchev–Trinajstić information content (AvgIpc) is 3.10. The van der Waals surface area contributed by atoms with Gasteiger partial charge in [-0.3, -0.25) is 4.79 Å². The van der Waals surface area contributed by atoms with E-state index in [2.05, 4.69) is 73.3 Å². The van der Waals surface area contributed by atoms with Crippen LogP contribution in [0.4, 0.5) is 5.69 Å². The lowest BCUT2D eigenvalue weighted by Gasteiger charge is -2.23. The second-order valence-corrected chi connectivity index (χ2v) is 7.22. The van der Waals surface area contributed by atoms with Crippen molar-refractivity contribution in [3.63, 3.8) is 0 Å². The van der Waals surface area contributed by atoms with E-state index in [9.17, 15) is 4.79 Å². The molecule has 0 fully saturated rings. The van der Waals surface area contributed by atoms with E-state index in [1.807, 2.05) is 17.8 Å². The van der Waals surface area contributed by atoms with Gasteiger partial charge in [-0.1, -0.05) is 24.3 Å². The number of amides is 1. The molecule has 146 valence electrons. The molecule has 0 saturated heterocycles. The van der Waals surface area contributed by atoms with Crippen molar-refractivity contribution in [2.45, 2.75) is 12.5 Å². The minimum atomic E-state index is -0.521. The molecule has 1 atom stereocenters. The largest absolute Gasteiger partial charge is 0.375 e. The van der Waals surface area contributed by atoms with Gasteiger partial charge < -0.3 is 20.1 Å². The van der Waals surface area contributed by atoms with Crippen molar-refractivity contribution in [3.8, 4) is 0 Å². The molecule has 1 heterocycles. The topological polar surface area (TPSA) is 54.5 Å². The van der Waals surface area contributed by atoms with Crippen molar-refractivity contribution in [3.05, 3.63) is 53.9 Å². The maximum atomic E-state index is 12.0. The molecule has 1 unspecified atom stereocenters. The SMILES string of the molecule is CN(CCCN(C)c1ccc(/C=C/c2ccn(C)c2)cc1)C(=O)C(N)CS. The summed E-state index contributed by atoms with van der Waals surface area (Å²) >= 11 is 4.08. The van der Waals surface area contributed by atoms with Crippen molar-refractivity contribution in [1.82, 2.24) is 9.47 Å². The van der Waals surface area contributed by atoms with E-state index in [1.165, 1.54) is 11.1 Å². The second-order valence-electron chi connectivity index (χ2n) is 6.86. The number of nitrogens with two attached hydrogens (primary N) is 1. The van der Waals surface area contributed by atoms with Crippen molar-refractivity contribution in [1.29, 1.82) is 0 Å². The Bertz CT molecular complexity index is 754. The summed E-state index contributed by atoms with van der Waals surface area (Å²) in [6.45, 7) is 1.55. The highest BCUT2D eigenvalue weighted by molar-refractivity contribution is 7.80. The van der Waals surface area contributed by atoms with E-state index in [1.54, 1.807) is 11.9 Å². The molecule has 0 radical (unpaired) electrons. The van der Waals surface area contributed by atoms with Gasteiger partial charge in [-0.2, -0.15) is 12.6 Å². The van der Waals surface area contributed by atoms with Crippen LogP contribution in [0.5, 0.6) is 0 Å². The van der Waals surface area contributed by atoms with Gasteiger partial charge in [0.2, 0.25) is 5.91 Å². The fraction of sp³-hybridized carbons (Fsp3) is 0.381. The Kier molecular flexibility index (Phi) is 8.00. The molecule has 2 N–H and O–H groups in total. The Morgan fingerprint density at radius 1 is 1.15 bits per heavy atom. The lowest BCUT2D eigenvalue weighted by molar-refractivity contribution is -0.130. The fourth-order valence-corrected chi connectivity index (χ4v) is 2.96. The van der Waals surface area contributed by atoms with Crippen molar-refractivity contribution in [2.75, 3.05) is 37.8 Å². The molecule has 0 spiro atoms. The fourth-order valence-electron chi connectivity index (χ4n) is 2.80. The molecule has 6 heteroatoms. The highest BCUT2D eigenvalue weighted by Gasteiger charge is 2.16. The number of carbonyl (C=O) groups excluding carboxylic acids is 1.